The number of fused-ring (bicyclic) bond motifs is 1. The highest BCUT2D eigenvalue weighted by Gasteiger charge is 2.28. The summed E-state index contributed by atoms with van der Waals surface area (Å²) in [6.07, 6.45) is 0.776. The van der Waals surface area contributed by atoms with E-state index in [4.69, 9.17) is 9.15 Å². The molecule has 1 N–H and O–H groups in total. The molecule has 0 bridgehead atoms. The lowest BCUT2D eigenvalue weighted by molar-refractivity contribution is -0.0176. The highest BCUT2D eigenvalue weighted by atomic mass is 16.5. The zero-order chi connectivity index (χ0) is 19.5. The van der Waals surface area contributed by atoms with Crippen LogP contribution in [0.5, 0.6) is 0 Å². The van der Waals surface area contributed by atoms with Gasteiger partial charge in [-0.1, -0.05) is 30.3 Å². The molecular weight excluding hydrogens is 356 g/mol. The average Bonchev–Trinajstić information content (AvgIpc) is 3.15. The van der Waals surface area contributed by atoms with Gasteiger partial charge in [0.15, 0.2) is 0 Å². The van der Waals surface area contributed by atoms with Crippen LogP contribution in [0.15, 0.2) is 34.7 Å². The quantitative estimate of drug-likeness (QED) is 0.848. The number of carbonyl (C=O) groups excluding carboxylic acids is 1. The number of rotatable bonds is 5. The minimum absolute atomic E-state index is 0.00880. The summed E-state index contributed by atoms with van der Waals surface area (Å²) in [5.41, 5.74) is 2.15. The standard InChI is InChI=1S/C21H28N4O3/c1-15(16-6-4-3-5-7-16)25-9-8-19-18(14-25)23-21(28-19)20(26)22-12-17-13-24(2)10-11-27-17/h3-7,15,17H,8-14H2,1-2H3,(H,22,26)/t15-,17+/m1/s1. The third kappa shape index (κ3) is 4.27. The molecule has 2 aliphatic heterocycles. The molecular formula is C21H28N4O3. The van der Waals surface area contributed by atoms with Crippen LogP contribution < -0.4 is 5.32 Å². The number of hydrogen-bond donors (Lipinski definition) is 1. The van der Waals surface area contributed by atoms with Crippen LogP contribution in [0.4, 0.5) is 0 Å². The second kappa shape index (κ2) is 8.43. The van der Waals surface area contributed by atoms with E-state index in [0.717, 1.165) is 37.5 Å². The number of morpholine rings is 1. The maximum absolute atomic E-state index is 12.5. The Morgan fingerprint density at radius 1 is 1.32 bits per heavy atom. The van der Waals surface area contributed by atoms with Gasteiger partial charge in [-0.2, -0.15) is 0 Å². The maximum atomic E-state index is 12.5. The first-order valence-electron chi connectivity index (χ1n) is 9.96. The first kappa shape index (κ1) is 19.1. The Bertz CT molecular complexity index is 807. The van der Waals surface area contributed by atoms with E-state index in [2.05, 4.69) is 58.3 Å². The van der Waals surface area contributed by atoms with E-state index in [0.29, 0.717) is 25.7 Å². The Kier molecular flexibility index (Phi) is 5.75. The largest absolute Gasteiger partial charge is 0.437 e. The second-order valence-corrected chi connectivity index (χ2v) is 7.66. The van der Waals surface area contributed by atoms with Crippen molar-refractivity contribution in [3.8, 4) is 0 Å². The van der Waals surface area contributed by atoms with Crippen LogP contribution in [0.3, 0.4) is 0 Å². The van der Waals surface area contributed by atoms with Crippen LogP contribution >= 0.6 is 0 Å². The van der Waals surface area contributed by atoms with Gasteiger partial charge in [-0.15, -0.1) is 0 Å². The van der Waals surface area contributed by atoms with Gasteiger partial charge in [-0.3, -0.25) is 9.69 Å². The molecule has 0 unspecified atom stereocenters. The molecule has 7 heteroatoms. The summed E-state index contributed by atoms with van der Waals surface area (Å²) in [4.78, 5) is 21.5. The molecule has 1 amide bonds. The van der Waals surface area contributed by atoms with Gasteiger partial charge in [0.2, 0.25) is 0 Å². The molecule has 2 atom stereocenters. The van der Waals surface area contributed by atoms with Gasteiger partial charge in [0.25, 0.3) is 5.89 Å². The van der Waals surface area contributed by atoms with Gasteiger partial charge >= 0.3 is 5.91 Å². The van der Waals surface area contributed by atoms with Crippen LogP contribution in [0.1, 0.15) is 40.7 Å². The fourth-order valence-corrected chi connectivity index (χ4v) is 3.86. The normalized spacial score (nSPS) is 21.9. The summed E-state index contributed by atoms with van der Waals surface area (Å²) in [5.74, 6) is 0.715. The van der Waals surface area contributed by atoms with E-state index in [1.165, 1.54) is 5.56 Å². The van der Waals surface area contributed by atoms with Crippen LogP contribution in [0, 0.1) is 0 Å². The number of aromatic nitrogens is 1. The second-order valence-electron chi connectivity index (χ2n) is 7.66. The summed E-state index contributed by atoms with van der Waals surface area (Å²) >= 11 is 0. The number of ether oxygens (including phenoxy) is 1. The molecule has 4 rings (SSSR count). The number of hydrogen-bond acceptors (Lipinski definition) is 6. The zero-order valence-electron chi connectivity index (χ0n) is 16.6. The lowest BCUT2D eigenvalue weighted by Crippen LogP contribution is -2.46. The molecule has 1 aromatic heterocycles. The fourth-order valence-electron chi connectivity index (χ4n) is 3.86. The Hall–Kier alpha value is -2.22. The van der Waals surface area contributed by atoms with Gasteiger partial charge in [0.1, 0.15) is 5.76 Å². The molecule has 1 saturated heterocycles. The smallest absolute Gasteiger partial charge is 0.307 e. The van der Waals surface area contributed by atoms with E-state index in [-0.39, 0.29) is 17.9 Å². The van der Waals surface area contributed by atoms with Crippen LogP contribution in [-0.4, -0.2) is 66.6 Å². The van der Waals surface area contributed by atoms with E-state index in [1.54, 1.807) is 0 Å². The van der Waals surface area contributed by atoms with E-state index < -0.39 is 0 Å². The first-order chi connectivity index (χ1) is 13.6. The Morgan fingerprint density at radius 2 is 2.14 bits per heavy atom. The summed E-state index contributed by atoms with van der Waals surface area (Å²) in [5, 5.41) is 2.90. The Labute approximate surface area is 165 Å². The molecule has 1 fully saturated rings. The average molecular weight is 384 g/mol. The predicted molar refractivity (Wildman–Crippen MR) is 105 cm³/mol. The first-order valence-corrected chi connectivity index (χ1v) is 9.96. The predicted octanol–water partition coefficient (Wildman–Crippen LogP) is 1.85. The molecule has 0 radical (unpaired) electrons. The molecule has 1 aromatic carbocycles. The van der Waals surface area contributed by atoms with Gasteiger partial charge in [-0.05, 0) is 19.5 Å². The molecule has 28 heavy (non-hydrogen) atoms. The van der Waals surface area contributed by atoms with Gasteiger partial charge in [0.05, 0.1) is 18.4 Å². The number of amides is 1. The summed E-state index contributed by atoms with van der Waals surface area (Å²) in [6.45, 7) is 6.69. The van der Waals surface area contributed by atoms with Gasteiger partial charge in [0, 0.05) is 45.2 Å². The lowest BCUT2D eigenvalue weighted by atomic mass is 10.0. The summed E-state index contributed by atoms with van der Waals surface area (Å²) in [6, 6.07) is 10.7. The number of benzene rings is 1. The zero-order valence-corrected chi connectivity index (χ0v) is 16.6. The van der Waals surface area contributed by atoms with Crippen molar-refractivity contribution in [2.45, 2.75) is 32.0 Å². The number of nitrogens with zero attached hydrogens (tertiary/aromatic N) is 3. The van der Waals surface area contributed by atoms with Crippen molar-refractivity contribution >= 4 is 5.91 Å². The number of oxazole rings is 1. The van der Waals surface area contributed by atoms with Crippen molar-refractivity contribution in [3.63, 3.8) is 0 Å². The Balaban J connectivity index is 1.36. The van der Waals surface area contributed by atoms with Crippen molar-refractivity contribution in [2.75, 3.05) is 39.8 Å². The van der Waals surface area contributed by atoms with Crippen molar-refractivity contribution in [1.29, 1.82) is 0 Å². The van der Waals surface area contributed by atoms with Crippen LogP contribution in [0.2, 0.25) is 0 Å². The molecule has 0 spiro atoms. The SMILES string of the molecule is C[C@H](c1ccccc1)N1CCc2oc(C(=O)NC[C@H]3CN(C)CCO3)nc2C1. The molecule has 2 aliphatic rings. The molecule has 3 heterocycles. The summed E-state index contributed by atoms with van der Waals surface area (Å²) in [7, 11) is 2.06. The van der Waals surface area contributed by atoms with Crippen LogP contribution in [0.25, 0.3) is 0 Å². The molecule has 2 aromatic rings. The maximum Gasteiger partial charge on any atom is 0.307 e. The number of carbonyl (C=O) groups is 1. The molecule has 0 saturated carbocycles. The lowest BCUT2D eigenvalue weighted by Gasteiger charge is -2.31. The van der Waals surface area contributed by atoms with Gasteiger partial charge < -0.3 is 19.4 Å². The topological polar surface area (TPSA) is 70.8 Å². The van der Waals surface area contributed by atoms with Crippen molar-refractivity contribution < 1.29 is 13.9 Å². The van der Waals surface area contributed by atoms with Crippen molar-refractivity contribution in [1.82, 2.24) is 20.1 Å². The van der Waals surface area contributed by atoms with Crippen LogP contribution in [-0.2, 0) is 17.7 Å². The highest BCUT2D eigenvalue weighted by Crippen LogP contribution is 2.27. The van der Waals surface area contributed by atoms with E-state index in [9.17, 15) is 4.79 Å². The number of likely N-dealkylation sites (N-methyl/N-ethyl adjacent to an activating group) is 1. The third-order valence-corrected chi connectivity index (χ3v) is 5.61. The Morgan fingerprint density at radius 3 is 2.93 bits per heavy atom. The number of nitrogens with one attached hydrogen (secondary N) is 1. The fraction of sp³-hybridized carbons (Fsp3) is 0.524. The van der Waals surface area contributed by atoms with E-state index >= 15 is 0 Å². The summed E-state index contributed by atoms with van der Waals surface area (Å²) < 4.78 is 11.4. The van der Waals surface area contributed by atoms with E-state index in [1.807, 2.05) is 6.07 Å². The molecule has 150 valence electrons. The third-order valence-electron chi connectivity index (χ3n) is 5.61. The van der Waals surface area contributed by atoms with Crippen molar-refractivity contribution in [2.24, 2.45) is 0 Å². The molecule has 0 aliphatic carbocycles. The monoisotopic (exact) mass is 384 g/mol. The molecule has 7 nitrogen and oxygen atoms in total. The highest BCUT2D eigenvalue weighted by molar-refractivity contribution is 5.89. The minimum Gasteiger partial charge on any atom is -0.437 e. The minimum atomic E-state index is -0.270. The van der Waals surface area contributed by atoms with Gasteiger partial charge in [-0.25, -0.2) is 4.98 Å². The van der Waals surface area contributed by atoms with Crippen molar-refractivity contribution in [3.05, 3.63) is 53.2 Å².